The normalized spacial score (nSPS) is 17.4. The molecule has 0 bridgehead atoms. The zero-order valence-corrected chi connectivity index (χ0v) is 10.6. The molecule has 1 aromatic rings. The fourth-order valence-electron chi connectivity index (χ4n) is 2.45. The van der Waals surface area contributed by atoms with E-state index in [0.717, 1.165) is 0 Å². The van der Waals surface area contributed by atoms with E-state index in [2.05, 4.69) is 31.1 Å². The van der Waals surface area contributed by atoms with E-state index in [1.807, 2.05) is 0 Å². The summed E-state index contributed by atoms with van der Waals surface area (Å²) in [5.41, 5.74) is 4.29. The second-order valence-corrected chi connectivity index (χ2v) is 5.30. The van der Waals surface area contributed by atoms with Crippen molar-refractivity contribution in [1.29, 1.82) is 0 Å². The first-order valence-corrected chi connectivity index (χ1v) is 6.75. The summed E-state index contributed by atoms with van der Waals surface area (Å²) in [5, 5.41) is 0. The van der Waals surface area contributed by atoms with Crippen LogP contribution in [0.5, 0.6) is 0 Å². The molecule has 88 valence electrons. The van der Waals surface area contributed by atoms with E-state index in [9.17, 15) is 0 Å². The van der Waals surface area contributed by atoms with Gasteiger partial charge in [-0.15, -0.1) is 0 Å². The number of fused-ring (bicyclic) bond motifs is 1. The maximum absolute atomic E-state index is 4.68. The minimum absolute atomic E-state index is 0.602. The molecule has 1 heteroatoms. The summed E-state index contributed by atoms with van der Waals surface area (Å²) in [6, 6.07) is 2.40. The number of rotatable bonds is 1. The number of pyridine rings is 1. The van der Waals surface area contributed by atoms with Gasteiger partial charge in [0.2, 0.25) is 0 Å². The first-order valence-electron chi connectivity index (χ1n) is 6.75. The van der Waals surface area contributed by atoms with E-state index in [1.54, 1.807) is 0 Å². The molecular formula is C15H23N. The smallest absolute Gasteiger partial charge is 0.0435 e. The zero-order valence-electron chi connectivity index (χ0n) is 10.6. The van der Waals surface area contributed by atoms with Crippen molar-refractivity contribution in [2.75, 3.05) is 0 Å². The average molecular weight is 217 g/mol. The van der Waals surface area contributed by atoms with Crippen molar-refractivity contribution in [2.24, 2.45) is 0 Å². The van der Waals surface area contributed by atoms with Crippen LogP contribution >= 0.6 is 0 Å². The number of hydrogen-bond acceptors (Lipinski definition) is 1. The first-order chi connectivity index (χ1) is 7.77. The topological polar surface area (TPSA) is 12.9 Å². The van der Waals surface area contributed by atoms with Crippen LogP contribution in [0.1, 0.15) is 68.7 Å². The van der Waals surface area contributed by atoms with Gasteiger partial charge in [-0.1, -0.05) is 39.2 Å². The molecular weight excluding hydrogens is 194 g/mol. The highest BCUT2D eigenvalue weighted by atomic mass is 14.7. The molecule has 1 heterocycles. The highest BCUT2D eigenvalue weighted by Crippen LogP contribution is 2.22. The maximum atomic E-state index is 4.68. The Bertz CT molecular complexity index is 341. The van der Waals surface area contributed by atoms with Crippen molar-refractivity contribution >= 4 is 0 Å². The Kier molecular flexibility index (Phi) is 3.98. The monoisotopic (exact) mass is 217 g/mol. The van der Waals surface area contributed by atoms with Crippen molar-refractivity contribution in [3.8, 4) is 0 Å². The van der Waals surface area contributed by atoms with Gasteiger partial charge in [-0.25, -0.2) is 0 Å². The minimum Gasteiger partial charge on any atom is -0.261 e. The van der Waals surface area contributed by atoms with Crippen molar-refractivity contribution in [3.63, 3.8) is 0 Å². The third-order valence-corrected chi connectivity index (χ3v) is 3.61. The lowest BCUT2D eigenvalue weighted by molar-refractivity contribution is 0.628. The maximum Gasteiger partial charge on any atom is 0.0435 e. The minimum atomic E-state index is 0.602. The van der Waals surface area contributed by atoms with E-state index >= 15 is 0 Å². The van der Waals surface area contributed by atoms with Crippen molar-refractivity contribution < 1.29 is 0 Å². The Morgan fingerprint density at radius 1 is 1.00 bits per heavy atom. The Morgan fingerprint density at radius 3 is 2.44 bits per heavy atom. The van der Waals surface area contributed by atoms with Crippen LogP contribution in [0.15, 0.2) is 12.3 Å². The summed E-state index contributed by atoms with van der Waals surface area (Å²) in [5.74, 6) is 0.602. The highest BCUT2D eigenvalue weighted by molar-refractivity contribution is 5.27. The summed E-state index contributed by atoms with van der Waals surface area (Å²) in [6.07, 6.45) is 11.4. The second-order valence-electron chi connectivity index (χ2n) is 5.30. The van der Waals surface area contributed by atoms with Crippen LogP contribution in [0.25, 0.3) is 0 Å². The molecule has 0 saturated carbocycles. The van der Waals surface area contributed by atoms with Crippen LogP contribution in [-0.2, 0) is 12.8 Å². The molecule has 1 aliphatic carbocycles. The van der Waals surface area contributed by atoms with Gasteiger partial charge in [0.1, 0.15) is 0 Å². The predicted molar refractivity (Wildman–Crippen MR) is 68.8 cm³/mol. The third kappa shape index (κ3) is 2.84. The van der Waals surface area contributed by atoms with E-state index in [1.165, 1.54) is 61.8 Å². The van der Waals surface area contributed by atoms with Gasteiger partial charge in [0.05, 0.1) is 0 Å². The van der Waals surface area contributed by atoms with E-state index in [4.69, 9.17) is 0 Å². The molecule has 16 heavy (non-hydrogen) atoms. The quantitative estimate of drug-likeness (QED) is 0.685. The number of aromatic nitrogens is 1. The van der Waals surface area contributed by atoms with Gasteiger partial charge >= 0.3 is 0 Å². The van der Waals surface area contributed by atoms with Crippen LogP contribution in [0.4, 0.5) is 0 Å². The molecule has 0 saturated heterocycles. The van der Waals surface area contributed by atoms with Crippen LogP contribution < -0.4 is 0 Å². The predicted octanol–water partition coefficient (Wildman–Crippen LogP) is 4.25. The van der Waals surface area contributed by atoms with Gasteiger partial charge in [-0.05, 0) is 42.7 Å². The van der Waals surface area contributed by atoms with Crippen LogP contribution in [0.2, 0.25) is 0 Å². The molecule has 0 spiro atoms. The summed E-state index contributed by atoms with van der Waals surface area (Å²) in [6.45, 7) is 4.50. The number of nitrogens with zero attached hydrogens (tertiary/aromatic N) is 1. The molecule has 0 N–H and O–H groups in total. The fourth-order valence-corrected chi connectivity index (χ4v) is 2.45. The standard InChI is InChI=1S/C15H23N/c1-12(2)14-10-13-8-6-4-3-5-7-9-15(13)16-11-14/h10-12H,3-9H2,1-2H3. The highest BCUT2D eigenvalue weighted by Gasteiger charge is 2.09. The number of aryl methyl sites for hydroxylation is 2. The van der Waals surface area contributed by atoms with Gasteiger partial charge in [0.15, 0.2) is 0 Å². The van der Waals surface area contributed by atoms with E-state index < -0.39 is 0 Å². The number of hydrogen-bond donors (Lipinski definition) is 0. The molecule has 1 nitrogen and oxygen atoms in total. The summed E-state index contributed by atoms with van der Waals surface area (Å²) < 4.78 is 0. The Morgan fingerprint density at radius 2 is 1.69 bits per heavy atom. The van der Waals surface area contributed by atoms with Gasteiger partial charge < -0.3 is 0 Å². The van der Waals surface area contributed by atoms with Crippen molar-refractivity contribution in [1.82, 2.24) is 4.98 Å². The third-order valence-electron chi connectivity index (χ3n) is 3.61. The van der Waals surface area contributed by atoms with E-state index in [0.29, 0.717) is 5.92 Å². The summed E-state index contributed by atoms with van der Waals surface area (Å²) in [7, 11) is 0. The lowest BCUT2D eigenvalue weighted by Crippen LogP contribution is -2.01. The first kappa shape index (κ1) is 11.6. The molecule has 0 radical (unpaired) electrons. The molecule has 0 aliphatic heterocycles. The van der Waals surface area contributed by atoms with Gasteiger partial charge in [-0.2, -0.15) is 0 Å². The molecule has 0 aromatic carbocycles. The Labute approximate surface area is 99.3 Å². The lowest BCUT2D eigenvalue weighted by Gasteiger charge is -2.11. The van der Waals surface area contributed by atoms with Gasteiger partial charge in [0, 0.05) is 11.9 Å². The SMILES string of the molecule is CC(C)c1cnc2c(c1)CCCCCCC2. The zero-order chi connectivity index (χ0) is 11.4. The largest absolute Gasteiger partial charge is 0.261 e. The molecule has 0 unspecified atom stereocenters. The second kappa shape index (κ2) is 5.47. The molecule has 0 fully saturated rings. The van der Waals surface area contributed by atoms with Crippen molar-refractivity contribution in [2.45, 2.75) is 64.7 Å². The van der Waals surface area contributed by atoms with Crippen LogP contribution in [0, 0.1) is 0 Å². The Balaban J connectivity index is 2.24. The van der Waals surface area contributed by atoms with E-state index in [-0.39, 0.29) is 0 Å². The molecule has 2 rings (SSSR count). The molecule has 1 aliphatic rings. The average Bonchev–Trinajstić information content (AvgIpc) is 2.39. The summed E-state index contributed by atoms with van der Waals surface area (Å²) >= 11 is 0. The summed E-state index contributed by atoms with van der Waals surface area (Å²) in [4.78, 5) is 4.68. The Hall–Kier alpha value is -0.850. The van der Waals surface area contributed by atoms with Crippen LogP contribution in [0.3, 0.4) is 0 Å². The van der Waals surface area contributed by atoms with Crippen molar-refractivity contribution in [3.05, 3.63) is 29.1 Å². The molecule has 0 atom stereocenters. The molecule has 0 amide bonds. The van der Waals surface area contributed by atoms with Gasteiger partial charge in [-0.3, -0.25) is 4.98 Å². The fraction of sp³-hybridized carbons (Fsp3) is 0.667. The van der Waals surface area contributed by atoms with Crippen LogP contribution in [-0.4, -0.2) is 4.98 Å². The molecule has 1 aromatic heterocycles. The lowest BCUT2D eigenvalue weighted by atomic mass is 9.98. The van der Waals surface area contributed by atoms with Gasteiger partial charge in [0.25, 0.3) is 0 Å².